The molecule has 0 saturated heterocycles. The second-order valence-electron chi connectivity index (χ2n) is 5.20. The van der Waals surface area contributed by atoms with Crippen molar-refractivity contribution >= 4 is 5.97 Å². The van der Waals surface area contributed by atoms with Crippen molar-refractivity contribution in [1.29, 1.82) is 0 Å². The van der Waals surface area contributed by atoms with Gasteiger partial charge in [-0.05, 0) is 40.4 Å². The molecule has 0 amide bonds. The van der Waals surface area contributed by atoms with Crippen molar-refractivity contribution in [2.24, 2.45) is 0 Å². The molecule has 1 fully saturated rings. The van der Waals surface area contributed by atoms with Crippen LogP contribution in [0.3, 0.4) is 0 Å². The Balaban J connectivity index is 2.62. The SMILES string of the molecule is COCC(C(=O)O)N(C)CC1(N(C)C)CCC1. The van der Waals surface area contributed by atoms with Crippen LogP contribution in [-0.2, 0) is 9.53 Å². The summed E-state index contributed by atoms with van der Waals surface area (Å²) in [4.78, 5) is 15.3. The molecule has 1 atom stereocenters. The van der Waals surface area contributed by atoms with E-state index in [1.54, 1.807) is 0 Å². The van der Waals surface area contributed by atoms with Crippen LogP contribution in [0, 0.1) is 0 Å². The average Bonchev–Trinajstić information content (AvgIpc) is 2.18. The van der Waals surface area contributed by atoms with E-state index in [4.69, 9.17) is 9.84 Å². The first kappa shape index (κ1) is 14.4. The van der Waals surface area contributed by atoms with Crippen LogP contribution in [0.4, 0.5) is 0 Å². The van der Waals surface area contributed by atoms with Gasteiger partial charge in [0.25, 0.3) is 0 Å². The minimum Gasteiger partial charge on any atom is -0.480 e. The first-order valence-electron chi connectivity index (χ1n) is 6.02. The summed E-state index contributed by atoms with van der Waals surface area (Å²) in [7, 11) is 7.54. The number of carbonyl (C=O) groups is 1. The fourth-order valence-electron chi connectivity index (χ4n) is 2.45. The molecular weight excluding hydrogens is 220 g/mol. The Hall–Kier alpha value is -0.650. The van der Waals surface area contributed by atoms with E-state index in [0.717, 1.165) is 19.4 Å². The summed E-state index contributed by atoms with van der Waals surface area (Å²) in [5.41, 5.74) is 0.149. The summed E-state index contributed by atoms with van der Waals surface area (Å²) < 4.78 is 4.98. The molecule has 5 heteroatoms. The molecule has 5 nitrogen and oxygen atoms in total. The minimum atomic E-state index is -0.817. The van der Waals surface area contributed by atoms with Crippen LogP contribution in [0.5, 0.6) is 0 Å². The smallest absolute Gasteiger partial charge is 0.323 e. The third kappa shape index (κ3) is 3.18. The van der Waals surface area contributed by atoms with Gasteiger partial charge in [0.15, 0.2) is 0 Å². The summed E-state index contributed by atoms with van der Waals surface area (Å²) in [6.07, 6.45) is 3.52. The van der Waals surface area contributed by atoms with Crippen molar-refractivity contribution in [3.05, 3.63) is 0 Å². The van der Waals surface area contributed by atoms with Crippen molar-refractivity contribution in [3.8, 4) is 0 Å². The van der Waals surface area contributed by atoms with E-state index in [9.17, 15) is 4.79 Å². The standard InChI is InChI=1S/C12H24N2O3/c1-13(2)12(6-5-7-12)9-14(3)10(8-17-4)11(15)16/h10H,5-9H2,1-4H3,(H,15,16). The van der Waals surface area contributed by atoms with Crippen LogP contribution in [0.1, 0.15) is 19.3 Å². The van der Waals surface area contributed by atoms with Gasteiger partial charge in [-0.1, -0.05) is 0 Å². The van der Waals surface area contributed by atoms with Crippen LogP contribution in [0.15, 0.2) is 0 Å². The van der Waals surface area contributed by atoms with Crippen molar-refractivity contribution < 1.29 is 14.6 Å². The van der Waals surface area contributed by atoms with Crippen molar-refractivity contribution in [3.63, 3.8) is 0 Å². The monoisotopic (exact) mass is 244 g/mol. The Kier molecular flexibility index (Phi) is 4.91. The number of nitrogens with zero attached hydrogens (tertiary/aromatic N) is 2. The molecule has 0 heterocycles. The van der Waals surface area contributed by atoms with E-state index in [-0.39, 0.29) is 12.1 Å². The number of carboxylic acids is 1. The highest BCUT2D eigenvalue weighted by molar-refractivity contribution is 5.73. The lowest BCUT2D eigenvalue weighted by molar-refractivity contribution is -0.146. The largest absolute Gasteiger partial charge is 0.480 e. The maximum absolute atomic E-state index is 11.2. The third-order valence-electron chi connectivity index (χ3n) is 3.92. The molecule has 1 aliphatic carbocycles. The quantitative estimate of drug-likeness (QED) is 0.707. The van der Waals surface area contributed by atoms with Crippen LogP contribution in [0.2, 0.25) is 0 Å². The summed E-state index contributed by atoms with van der Waals surface area (Å²) in [5.74, 6) is -0.817. The zero-order valence-corrected chi connectivity index (χ0v) is 11.3. The van der Waals surface area contributed by atoms with Gasteiger partial charge in [-0.25, -0.2) is 0 Å². The molecule has 0 aromatic carbocycles. The zero-order chi connectivity index (χ0) is 13.1. The van der Waals surface area contributed by atoms with E-state index in [1.165, 1.54) is 13.5 Å². The Morgan fingerprint density at radius 1 is 1.41 bits per heavy atom. The molecule has 1 rings (SSSR count). The predicted molar refractivity (Wildman–Crippen MR) is 66.2 cm³/mol. The second kappa shape index (κ2) is 5.80. The molecule has 0 aromatic rings. The van der Waals surface area contributed by atoms with Gasteiger partial charge in [0.1, 0.15) is 6.04 Å². The Bertz CT molecular complexity index is 264. The fourth-order valence-corrected chi connectivity index (χ4v) is 2.45. The lowest BCUT2D eigenvalue weighted by Crippen LogP contribution is -2.59. The maximum atomic E-state index is 11.2. The molecule has 1 aliphatic rings. The van der Waals surface area contributed by atoms with Gasteiger partial charge in [0.2, 0.25) is 0 Å². The highest BCUT2D eigenvalue weighted by atomic mass is 16.5. The number of hydrogen-bond donors (Lipinski definition) is 1. The normalized spacial score (nSPS) is 20.4. The van der Waals surface area contributed by atoms with Gasteiger partial charge < -0.3 is 14.7 Å². The number of methoxy groups -OCH3 is 1. The van der Waals surface area contributed by atoms with Crippen LogP contribution >= 0.6 is 0 Å². The van der Waals surface area contributed by atoms with E-state index in [0.29, 0.717) is 0 Å². The first-order valence-corrected chi connectivity index (χ1v) is 6.02. The fraction of sp³-hybridized carbons (Fsp3) is 0.917. The van der Waals surface area contributed by atoms with E-state index >= 15 is 0 Å². The average molecular weight is 244 g/mol. The maximum Gasteiger partial charge on any atom is 0.323 e. The van der Waals surface area contributed by atoms with Gasteiger partial charge in [-0.3, -0.25) is 9.69 Å². The zero-order valence-electron chi connectivity index (χ0n) is 11.3. The second-order valence-corrected chi connectivity index (χ2v) is 5.20. The number of carboxylic acid groups (broad SMARTS) is 1. The highest BCUT2D eigenvalue weighted by Crippen LogP contribution is 2.36. The van der Waals surface area contributed by atoms with Crippen molar-refractivity contribution in [2.45, 2.75) is 30.8 Å². The van der Waals surface area contributed by atoms with E-state index < -0.39 is 12.0 Å². The Morgan fingerprint density at radius 3 is 2.29 bits per heavy atom. The minimum absolute atomic E-state index is 0.149. The van der Waals surface area contributed by atoms with Gasteiger partial charge in [0, 0.05) is 19.2 Å². The first-order chi connectivity index (χ1) is 7.93. The summed E-state index contributed by atoms with van der Waals surface area (Å²) in [6, 6.07) is -0.558. The molecule has 0 bridgehead atoms. The molecule has 100 valence electrons. The molecule has 0 aliphatic heterocycles. The molecule has 17 heavy (non-hydrogen) atoms. The summed E-state index contributed by atoms with van der Waals surface area (Å²) >= 11 is 0. The van der Waals surface area contributed by atoms with Gasteiger partial charge in [0.05, 0.1) is 6.61 Å². The molecule has 0 spiro atoms. The number of hydrogen-bond acceptors (Lipinski definition) is 4. The summed E-state index contributed by atoms with van der Waals surface area (Å²) in [6.45, 7) is 1.01. The predicted octanol–water partition coefficient (Wildman–Crippen LogP) is 0.502. The number of aliphatic carboxylic acids is 1. The van der Waals surface area contributed by atoms with Gasteiger partial charge in [-0.15, -0.1) is 0 Å². The molecule has 1 N–H and O–H groups in total. The lowest BCUT2D eigenvalue weighted by atomic mass is 9.75. The topological polar surface area (TPSA) is 53.0 Å². The Labute approximate surface area is 103 Å². The number of rotatable bonds is 7. The van der Waals surface area contributed by atoms with Crippen molar-refractivity contribution in [1.82, 2.24) is 9.80 Å². The van der Waals surface area contributed by atoms with Crippen LogP contribution in [0.25, 0.3) is 0 Å². The van der Waals surface area contributed by atoms with E-state index in [2.05, 4.69) is 19.0 Å². The third-order valence-corrected chi connectivity index (χ3v) is 3.92. The summed E-state index contributed by atoms with van der Waals surface area (Å²) in [5, 5.41) is 9.17. The molecular formula is C12H24N2O3. The molecule has 0 aromatic heterocycles. The van der Waals surface area contributed by atoms with Gasteiger partial charge >= 0.3 is 5.97 Å². The van der Waals surface area contributed by atoms with Crippen molar-refractivity contribution in [2.75, 3.05) is 41.4 Å². The Morgan fingerprint density at radius 2 is 2.00 bits per heavy atom. The molecule has 1 saturated carbocycles. The van der Waals surface area contributed by atoms with Crippen LogP contribution < -0.4 is 0 Å². The highest BCUT2D eigenvalue weighted by Gasteiger charge is 2.41. The molecule has 0 radical (unpaired) electrons. The number of ether oxygens (including phenoxy) is 1. The molecule has 1 unspecified atom stereocenters. The number of likely N-dealkylation sites (N-methyl/N-ethyl adjacent to an activating group) is 2. The lowest BCUT2D eigenvalue weighted by Gasteiger charge is -2.50. The van der Waals surface area contributed by atoms with Gasteiger partial charge in [-0.2, -0.15) is 0 Å². The van der Waals surface area contributed by atoms with Crippen LogP contribution in [-0.4, -0.2) is 73.9 Å². The van der Waals surface area contributed by atoms with E-state index in [1.807, 2.05) is 11.9 Å².